The molecule has 0 spiro atoms. The molecule has 2 aliphatic carbocycles. The van der Waals surface area contributed by atoms with Crippen molar-refractivity contribution in [1.82, 2.24) is 15.5 Å². The zero-order valence-electron chi connectivity index (χ0n) is 25.7. The Morgan fingerprint density at radius 2 is 1.49 bits per heavy atom. The van der Waals surface area contributed by atoms with Crippen LogP contribution in [0.4, 0.5) is 9.59 Å². The Labute approximate surface area is 246 Å². The van der Waals surface area contributed by atoms with Crippen LogP contribution < -0.4 is 10.6 Å². The number of unbranched alkanes of at least 4 members (excludes halogenated alkanes) is 1. The summed E-state index contributed by atoms with van der Waals surface area (Å²) in [4.78, 5) is 36.2. The molecule has 0 radical (unpaired) electrons. The van der Waals surface area contributed by atoms with Crippen LogP contribution in [0.5, 0.6) is 0 Å². The molecule has 1 unspecified atom stereocenters. The number of benzene rings is 1. The van der Waals surface area contributed by atoms with Crippen molar-refractivity contribution < 1.29 is 29.0 Å². The van der Waals surface area contributed by atoms with Crippen LogP contribution in [0.2, 0.25) is 0 Å². The maximum atomic E-state index is 12.0. The quantitative estimate of drug-likeness (QED) is 0.253. The number of nitrogens with zero attached hydrogens (tertiary/aromatic N) is 1. The topological polar surface area (TPSA) is 117 Å². The third kappa shape index (κ3) is 15.1. The van der Waals surface area contributed by atoms with Gasteiger partial charge in [-0.3, -0.25) is 4.90 Å². The minimum Gasteiger partial charge on any atom is -0.480 e. The van der Waals surface area contributed by atoms with Gasteiger partial charge in [0.25, 0.3) is 0 Å². The number of nitrogens with one attached hydrogen (secondary N) is 2. The molecule has 232 valence electrons. The van der Waals surface area contributed by atoms with E-state index < -0.39 is 29.8 Å². The highest BCUT2D eigenvalue weighted by molar-refractivity contribution is 5.79. The summed E-state index contributed by atoms with van der Waals surface area (Å²) in [6.07, 6.45) is 14.7. The lowest BCUT2D eigenvalue weighted by atomic mass is 9.91. The van der Waals surface area contributed by atoms with Crippen molar-refractivity contribution in [3.8, 4) is 0 Å². The van der Waals surface area contributed by atoms with Gasteiger partial charge in [-0.2, -0.15) is 0 Å². The van der Waals surface area contributed by atoms with Gasteiger partial charge in [0.05, 0.1) is 0 Å². The fraction of sp³-hybridized carbons (Fsp3) is 0.719. The van der Waals surface area contributed by atoms with Crippen LogP contribution in [0, 0.1) is 0 Å². The first-order chi connectivity index (χ1) is 19.5. The Morgan fingerprint density at radius 3 is 2.00 bits per heavy atom. The number of aliphatic carboxylic acids is 1. The van der Waals surface area contributed by atoms with Crippen molar-refractivity contribution in [2.45, 2.75) is 135 Å². The van der Waals surface area contributed by atoms with E-state index in [9.17, 15) is 19.5 Å². The Kier molecular flexibility index (Phi) is 15.6. The molecule has 0 bridgehead atoms. The van der Waals surface area contributed by atoms with Crippen LogP contribution >= 0.6 is 0 Å². The van der Waals surface area contributed by atoms with Gasteiger partial charge in [-0.25, -0.2) is 14.4 Å². The Hall–Kier alpha value is -2.81. The number of carbonyl (C=O) groups excluding carboxylic acids is 2. The van der Waals surface area contributed by atoms with Crippen molar-refractivity contribution in [2.75, 3.05) is 13.6 Å². The van der Waals surface area contributed by atoms with Crippen LogP contribution in [0.25, 0.3) is 0 Å². The van der Waals surface area contributed by atoms with E-state index in [1.165, 1.54) is 71.3 Å². The summed E-state index contributed by atoms with van der Waals surface area (Å²) in [7, 11) is 1.41. The molecule has 0 aliphatic heterocycles. The number of hydrogen-bond acceptors (Lipinski definition) is 6. The number of carbonyl (C=O) groups is 3. The van der Waals surface area contributed by atoms with E-state index in [0.29, 0.717) is 19.4 Å². The normalized spacial score (nSPS) is 17.0. The van der Waals surface area contributed by atoms with Gasteiger partial charge in [-0.05, 0) is 71.3 Å². The summed E-state index contributed by atoms with van der Waals surface area (Å²) in [5, 5.41) is 15.9. The summed E-state index contributed by atoms with van der Waals surface area (Å²) in [6, 6.07) is 10.1. The molecule has 2 aliphatic rings. The van der Waals surface area contributed by atoms with Gasteiger partial charge in [0.1, 0.15) is 18.2 Å². The molecule has 0 heterocycles. The smallest absolute Gasteiger partial charge is 0.410 e. The predicted molar refractivity (Wildman–Crippen MR) is 161 cm³/mol. The molecule has 9 nitrogen and oxygen atoms in total. The summed E-state index contributed by atoms with van der Waals surface area (Å²) in [6.45, 7) is 5.70. The molecule has 0 saturated heterocycles. The Balaban J connectivity index is 0.000000372. The molecular formula is C32H53N3O6. The van der Waals surface area contributed by atoms with E-state index in [4.69, 9.17) is 9.47 Å². The minimum atomic E-state index is -1.09. The molecule has 3 rings (SSSR count). The number of carboxylic acid groups (broad SMARTS) is 1. The maximum Gasteiger partial charge on any atom is 0.410 e. The lowest BCUT2D eigenvalue weighted by molar-refractivity contribution is -0.143. The Morgan fingerprint density at radius 1 is 0.927 bits per heavy atom. The van der Waals surface area contributed by atoms with E-state index in [2.05, 4.69) is 10.6 Å². The Bertz CT molecular complexity index is 876. The molecular weight excluding hydrogens is 522 g/mol. The third-order valence-corrected chi connectivity index (χ3v) is 7.50. The molecule has 3 N–H and O–H groups in total. The number of ether oxygens (including phenoxy) is 2. The van der Waals surface area contributed by atoms with Crippen LogP contribution in [-0.2, 0) is 20.9 Å². The van der Waals surface area contributed by atoms with E-state index >= 15 is 0 Å². The maximum absolute atomic E-state index is 12.0. The van der Waals surface area contributed by atoms with Crippen LogP contribution in [0.3, 0.4) is 0 Å². The summed E-state index contributed by atoms with van der Waals surface area (Å²) < 4.78 is 10.3. The van der Waals surface area contributed by atoms with Crippen LogP contribution in [0.1, 0.15) is 110 Å². The fourth-order valence-corrected chi connectivity index (χ4v) is 5.24. The van der Waals surface area contributed by atoms with Crippen molar-refractivity contribution in [1.29, 1.82) is 0 Å². The monoisotopic (exact) mass is 575 g/mol. The number of hydrogen-bond donors (Lipinski definition) is 3. The van der Waals surface area contributed by atoms with Gasteiger partial charge in [0.2, 0.25) is 0 Å². The molecule has 2 saturated carbocycles. The van der Waals surface area contributed by atoms with Crippen LogP contribution in [-0.4, -0.2) is 65.5 Å². The summed E-state index contributed by atoms with van der Waals surface area (Å²) >= 11 is 0. The molecule has 2 fully saturated rings. The largest absolute Gasteiger partial charge is 0.480 e. The van der Waals surface area contributed by atoms with Crippen LogP contribution in [0.15, 0.2) is 30.3 Å². The number of amides is 2. The van der Waals surface area contributed by atoms with Crippen molar-refractivity contribution >= 4 is 18.2 Å². The van der Waals surface area contributed by atoms with E-state index in [1.54, 1.807) is 20.8 Å². The second kappa shape index (κ2) is 18.6. The molecule has 2 amide bonds. The molecule has 9 heteroatoms. The van der Waals surface area contributed by atoms with Gasteiger partial charge in [0, 0.05) is 25.7 Å². The lowest BCUT2D eigenvalue weighted by Crippen LogP contribution is -2.44. The lowest BCUT2D eigenvalue weighted by Gasteiger charge is -2.30. The summed E-state index contributed by atoms with van der Waals surface area (Å²) in [5.41, 5.74) is 0.199. The molecule has 1 aromatic rings. The second-order valence-corrected chi connectivity index (χ2v) is 12.3. The molecule has 41 heavy (non-hydrogen) atoms. The van der Waals surface area contributed by atoms with Crippen molar-refractivity contribution in [2.24, 2.45) is 0 Å². The fourth-order valence-electron chi connectivity index (χ4n) is 5.24. The first-order valence-corrected chi connectivity index (χ1v) is 15.4. The number of rotatable bonds is 11. The first kappa shape index (κ1) is 34.4. The average Bonchev–Trinajstić information content (AvgIpc) is 2.94. The van der Waals surface area contributed by atoms with E-state index in [0.717, 1.165) is 22.5 Å². The average molecular weight is 576 g/mol. The molecule has 0 aromatic heterocycles. The number of alkyl carbamates (subject to hydrolysis) is 1. The standard InChI is InChI=1S/C20H30N2O6.C12H23N/c1-20(2,3)28-19(26)22(4)16(17(23)24)12-8-9-13-21-18(25)27-14-15-10-6-5-7-11-15;1-3-7-11(8-4-1)13-12-9-5-2-6-10-12/h5-7,10-11,16H,8-9,12-14H2,1-4H3,(H,21,25)(H,23,24);11-13H,1-10H2. The second-order valence-electron chi connectivity index (χ2n) is 12.3. The zero-order chi connectivity index (χ0) is 30.1. The van der Waals surface area contributed by atoms with Gasteiger partial charge >= 0.3 is 18.2 Å². The van der Waals surface area contributed by atoms with E-state index in [-0.39, 0.29) is 13.0 Å². The van der Waals surface area contributed by atoms with Gasteiger partial charge in [-0.15, -0.1) is 0 Å². The molecule has 1 aromatic carbocycles. The van der Waals surface area contributed by atoms with Gasteiger partial charge < -0.3 is 25.2 Å². The van der Waals surface area contributed by atoms with Gasteiger partial charge in [0.15, 0.2) is 0 Å². The third-order valence-electron chi connectivity index (χ3n) is 7.50. The highest BCUT2D eigenvalue weighted by Gasteiger charge is 2.29. The first-order valence-electron chi connectivity index (χ1n) is 15.4. The highest BCUT2D eigenvalue weighted by Crippen LogP contribution is 2.22. The van der Waals surface area contributed by atoms with Crippen molar-refractivity contribution in [3.05, 3.63) is 35.9 Å². The number of likely N-dealkylation sites (N-methyl/N-ethyl adjacent to an activating group) is 1. The van der Waals surface area contributed by atoms with E-state index in [1.807, 2.05) is 30.3 Å². The molecule has 1 atom stereocenters. The zero-order valence-corrected chi connectivity index (χ0v) is 25.7. The predicted octanol–water partition coefficient (Wildman–Crippen LogP) is 6.64. The van der Waals surface area contributed by atoms with Gasteiger partial charge in [-0.1, -0.05) is 68.9 Å². The minimum absolute atomic E-state index is 0.189. The SMILES string of the molecule is C1CCC(NC2CCCCC2)CC1.CN(C(=O)OC(C)(C)C)C(CCCCNC(=O)OCc1ccccc1)C(=O)O. The van der Waals surface area contributed by atoms with Crippen molar-refractivity contribution in [3.63, 3.8) is 0 Å². The highest BCUT2D eigenvalue weighted by atomic mass is 16.6. The summed E-state index contributed by atoms with van der Waals surface area (Å²) in [5.74, 6) is -1.09. The number of carboxylic acids is 1.